The van der Waals surface area contributed by atoms with Gasteiger partial charge in [0.2, 0.25) is 17.7 Å². The monoisotopic (exact) mass is 518 g/mol. The Labute approximate surface area is 217 Å². The molecular formula is C26H38N4O7. The molecular weight excluding hydrogens is 480 g/mol. The minimum Gasteiger partial charge on any atom is -0.458 e. The molecule has 4 amide bonds. The van der Waals surface area contributed by atoms with E-state index in [1.165, 1.54) is 18.7 Å². The van der Waals surface area contributed by atoms with E-state index in [0.29, 0.717) is 13.0 Å². The third-order valence-electron chi connectivity index (χ3n) is 5.73. The number of carbonyl (C=O) groups is 5. The fourth-order valence-electron chi connectivity index (χ4n) is 3.86. The summed E-state index contributed by atoms with van der Waals surface area (Å²) in [6, 6.07) is 6.53. The molecule has 1 fully saturated rings. The number of benzene rings is 1. The predicted molar refractivity (Wildman–Crippen MR) is 135 cm³/mol. The normalized spacial score (nSPS) is 18.8. The number of likely N-dealkylation sites (tertiary alicyclic amines) is 1. The summed E-state index contributed by atoms with van der Waals surface area (Å²) in [6.45, 7) is 10.1. The SMILES string of the molecule is C[C@H](NC(=O)CNC(=O)[C@@H]1[C@@H](C)CCN1C(=O)[C@H](C)NC(=O)OCc1ccccc1)C(=O)OC(C)(C)C. The lowest BCUT2D eigenvalue weighted by atomic mass is 10.0. The van der Waals surface area contributed by atoms with E-state index in [4.69, 9.17) is 9.47 Å². The second-order valence-corrected chi connectivity index (χ2v) is 10.2. The first-order valence-corrected chi connectivity index (χ1v) is 12.4. The van der Waals surface area contributed by atoms with E-state index in [1.54, 1.807) is 20.8 Å². The van der Waals surface area contributed by atoms with Crippen molar-refractivity contribution in [3.8, 4) is 0 Å². The molecule has 0 unspecified atom stereocenters. The second-order valence-electron chi connectivity index (χ2n) is 10.2. The van der Waals surface area contributed by atoms with Gasteiger partial charge in [-0.25, -0.2) is 9.59 Å². The summed E-state index contributed by atoms with van der Waals surface area (Å²) in [4.78, 5) is 63.8. The van der Waals surface area contributed by atoms with Gasteiger partial charge in [-0.1, -0.05) is 37.3 Å². The second kappa shape index (κ2) is 13.1. The molecule has 0 aromatic heterocycles. The maximum Gasteiger partial charge on any atom is 0.408 e. The van der Waals surface area contributed by atoms with Crippen LogP contribution in [0.4, 0.5) is 4.79 Å². The zero-order valence-corrected chi connectivity index (χ0v) is 22.3. The fourth-order valence-corrected chi connectivity index (χ4v) is 3.86. The van der Waals surface area contributed by atoms with Crippen molar-refractivity contribution in [2.45, 2.75) is 78.3 Å². The van der Waals surface area contributed by atoms with Gasteiger partial charge in [-0.2, -0.15) is 0 Å². The molecule has 1 aromatic carbocycles. The van der Waals surface area contributed by atoms with Crippen LogP contribution >= 0.6 is 0 Å². The highest BCUT2D eigenvalue weighted by Crippen LogP contribution is 2.25. The van der Waals surface area contributed by atoms with Crippen LogP contribution < -0.4 is 16.0 Å². The number of rotatable bonds is 9. The molecule has 0 radical (unpaired) electrons. The van der Waals surface area contributed by atoms with Gasteiger partial charge in [0, 0.05) is 6.54 Å². The minimum atomic E-state index is -0.915. The van der Waals surface area contributed by atoms with Crippen LogP contribution in [0.2, 0.25) is 0 Å². The fraction of sp³-hybridized carbons (Fsp3) is 0.577. The Balaban J connectivity index is 1.86. The molecule has 0 bridgehead atoms. The highest BCUT2D eigenvalue weighted by molar-refractivity contribution is 5.94. The van der Waals surface area contributed by atoms with Crippen molar-refractivity contribution in [3.63, 3.8) is 0 Å². The van der Waals surface area contributed by atoms with Crippen molar-refractivity contribution in [1.29, 1.82) is 0 Å². The van der Waals surface area contributed by atoms with E-state index in [9.17, 15) is 24.0 Å². The van der Waals surface area contributed by atoms with Gasteiger partial charge < -0.3 is 30.3 Å². The van der Waals surface area contributed by atoms with Gasteiger partial charge >= 0.3 is 12.1 Å². The lowest BCUT2D eigenvalue weighted by Crippen LogP contribution is -2.55. The predicted octanol–water partition coefficient (Wildman–Crippen LogP) is 1.50. The molecule has 1 aliphatic rings. The number of ether oxygens (including phenoxy) is 2. The summed E-state index contributed by atoms with van der Waals surface area (Å²) in [5.74, 6) is -2.21. The van der Waals surface area contributed by atoms with Crippen LogP contribution in [0.15, 0.2) is 30.3 Å². The number of hydrogen-bond donors (Lipinski definition) is 3. The number of nitrogens with one attached hydrogen (secondary N) is 3. The molecule has 1 aromatic rings. The maximum atomic E-state index is 13.0. The van der Waals surface area contributed by atoms with Crippen molar-refractivity contribution in [3.05, 3.63) is 35.9 Å². The Kier molecular flexibility index (Phi) is 10.5. The maximum absolute atomic E-state index is 13.0. The summed E-state index contributed by atoms with van der Waals surface area (Å²) in [7, 11) is 0. The summed E-state index contributed by atoms with van der Waals surface area (Å²) in [5.41, 5.74) is 0.120. The summed E-state index contributed by atoms with van der Waals surface area (Å²) >= 11 is 0. The molecule has 37 heavy (non-hydrogen) atoms. The third kappa shape index (κ3) is 9.40. The number of alkyl carbamates (subject to hydrolysis) is 1. The highest BCUT2D eigenvalue weighted by atomic mass is 16.6. The van der Waals surface area contributed by atoms with Crippen LogP contribution in [0.5, 0.6) is 0 Å². The Hall–Kier alpha value is -3.63. The Bertz CT molecular complexity index is 977. The standard InChI is InChI=1S/C26H38N4O7/c1-16-12-13-30(23(33)17(2)29-25(35)36-15-19-10-8-7-9-11-19)21(16)22(32)27-14-20(31)28-18(3)24(34)37-26(4,5)6/h7-11,16-18,21H,12-15H2,1-6H3,(H,27,32)(H,28,31)(H,29,35)/t16-,17-,18-,21-/m0/s1. The highest BCUT2D eigenvalue weighted by Gasteiger charge is 2.41. The zero-order chi connectivity index (χ0) is 27.8. The van der Waals surface area contributed by atoms with Gasteiger partial charge in [0.1, 0.15) is 30.3 Å². The van der Waals surface area contributed by atoms with E-state index >= 15 is 0 Å². The van der Waals surface area contributed by atoms with Crippen LogP contribution in [0.1, 0.15) is 53.5 Å². The molecule has 11 heteroatoms. The van der Waals surface area contributed by atoms with Crippen LogP contribution in [0.25, 0.3) is 0 Å². The van der Waals surface area contributed by atoms with E-state index < -0.39 is 53.5 Å². The third-order valence-corrected chi connectivity index (χ3v) is 5.73. The van der Waals surface area contributed by atoms with Gasteiger partial charge in [-0.3, -0.25) is 14.4 Å². The smallest absolute Gasteiger partial charge is 0.408 e. The minimum absolute atomic E-state index is 0.0635. The number of hydrogen-bond acceptors (Lipinski definition) is 7. The molecule has 1 saturated heterocycles. The van der Waals surface area contributed by atoms with Gasteiger partial charge in [-0.05, 0) is 52.5 Å². The van der Waals surface area contributed by atoms with E-state index in [1.807, 2.05) is 37.3 Å². The Morgan fingerprint density at radius 1 is 1.03 bits per heavy atom. The molecule has 11 nitrogen and oxygen atoms in total. The molecule has 3 N–H and O–H groups in total. The van der Waals surface area contributed by atoms with E-state index in [0.717, 1.165) is 5.56 Å². The van der Waals surface area contributed by atoms with Crippen molar-refractivity contribution < 1.29 is 33.4 Å². The number of amides is 4. The van der Waals surface area contributed by atoms with E-state index in [2.05, 4.69) is 16.0 Å². The summed E-state index contributed by atoms with van der Waals surface area (Å²) < 4.78 is 10.4. The van der Waals surface area contributed by atoms with Gasteiger partial charge in [0.05, 0.1) is 6.54 Å². The first-order chi connectivity index (χ1) is 17.3. The van der Waals surface area contributed by atoms with Crippen LogP contribution in [0.3, 0.4) is 0 Å². The number of nitrogens with zero attached hydrogens (tertiary/aromatic N) is 1. The topological polar surface area (TPSA) is 143 Å². The van der Waals surface area contributed by atoms with Crippen molar-refractivity contribution >= 4 is 29.8 Å². The molecule has 4 atom stereocenters. The molecule has 204 valence electrons. The number of esters is 1. The van der Waals surface area contributed by atoms with Crippen molar-refractivity contribution in [2.75, 3.05) is 13.1 Å². The van der Waals surface area contributed by atoms with Crippen molar-refractivity contribution in [2.24, 2.45) is 5.92 Å². The molecule has 1 heterocycles. The Morgan fingerprint density at radius 3 is 2.30 bits per heavy atom. The van der Waals surface area contributed by atoms with Gasteiger partial charge in [-0.15, -0.1) is 0 Å². The first kappa shape index (κ1) is 29.6. The average molecular weight is 519 g/mol. The lowest BCUT2D eigenvalue weighted by molar-refractivity contribution is -0.158. The largest absolute Gasteiger partial charge is 0.458 e. The zero-order valence-electron chi connectivity index (χ0n) is 22.3. The molecule has 1 aliphatic heterocycles. The van der Waals surface area contributed by atoms with Crippen molar-refractivity contribution in [1.82, 2.24) is 20.9 Å². The first-order valence-electron chi connectivity index (χ1n) is 12.4. The Morgan fingerprint density at radius 2 is 1.68 bits per heavy atom. The number of carbonyl (C=O) groups excluding carboxylic acids is 5. The van der Waals surface area contributed by atoms with Crippen LogP contribution in [0, 0.1) is 5.92 Å². The average Bonchev–Trinajstić information content (AvgIpc) is 3.21. The quantitative estimate of drug-likeness (QED) is 0.421. The molecule has 0 aliphatic carbocycles. The van der Waals surface area contributed by atoms with Gasteiger partial charge in [0.15, 0.2) is 0 Å². The van der Waals surface area contributed by atoms with Crippen LogP contribution in [-0.2, 0) is 35.3 Å². The molecule has 2 rings (SSSR count). The van der Waals surface area contributed by atoms with Gasteiger partial charge in [0.25, 0.3) is 0 Å². The molecule has 0 saturated carbocycles. The summed E-state index contributed by atoms with van der Waals surface area (Å²) in [6.07, 6.45) is -0.148. The molecule has 0 spiro atoms. The lowest BCUT2D eigenvalue weighted by Gasteiger charge is -2.28. The summed E-state index contributed by atoms with van der Waals surface area (Å²) in [5, 5.41) is 7.54. The van der Waals surface area contributed by atoms with Crippen LogP contribution in [-0.4, -0.2) is 71.5 Å². The van der Waals surface area contributed by atoms with E-state index in [-0.39, 0.29) is 19.1 Å².